The zero-order valence-corrected chi connectivity index (χ0v) is 40.4. The van der Waals surface area contributed by atoms with Gasteiger partial charge in [0.15, 0.2) is 5.78 Å². The second-order valence-electron chi connectivity index (χ2n) is 24.4. The normalized spacial score (nSPS) is 41.7. The predicted octanol–water partition coefficient (Wildman–Crippen LogP) is 8.20. The molecular formula is C56H72O13. The van der Waals surface area contributed by atoms with E-state index in [9.17, 15) is 45.3 Å². The van der Waals surface area contributed by atoms with Crippen molar-refractivity contribution in [1.29, 1.82) is 0 Å². The van der Waals surface area contributed by atoms with E-state index < -0.39 is 60.1 Å². The molecule has 69 heavy (non-hydrogen) atoms. The van der Waals surface area contributed by atoms with E-state index in [4.69, 9.17) is 18.9 Å². The standard InChI is InChI=1S/C56H72O13/c1-30-41(31(2)59)46(61)43-35(45(30)60)19-33(49(64)65)20-39(43)68-50-47(62)48(63)56(40(24-58)69-50)23-36-37-22-52(15-17-54(28-52)12-5-11-53(54)16-14-51(27-53)9-3-4-10-51)21-34-25-66-29-55(44(34)37,13-6-18-57)38-8-7-32(26-67-56)42(36)38/h8,19-20,34,36-37,40,44,47-48,50,57-58,60-63H,3-7,9-18,21-29H2,1-2H3,(H,64,65)/t34-,36-,37+,40-,44+,47-,48-,50-,52+,53+,54-,55+,56-/m1/s1. The quantitative estimate of drug-likeness (QED) is 0.0984. The number of aromatic carboxylic acids is 1. The molecule has 13 nitrogen and oxygen atoms in total. The first-order valence-electron chi connectivity index (χ1n) is 26.4. The molecule has 374 valence electrons. The zero-order valence-electron chi connectivity index (χ0n) is 40.4. The Morgan fingerprint density at radius 1 is 0.884 bits per heavy atom. The molecule has 12 rings (SSSR count). The lowest BCUT2D eigenvalue weighted by Crippen LogP contribution is -2.70. The molecule has 7 N–H and O–H groups in total. The molecule has 0 unspecified atom stereocenters. The van der Waals surface area contributed by atoms with E-state index in [1.165, 1.54) is 115 Å². The summed E-state index contributed by atoms with van der Waals surface area (Å²) in [6.07, 6.45) is 18.3. The number of ketones is 1. The highest BCUT2D eigenvalue weighted by molar-refractivity contribution is 6.11. The Morgan fingerprint density at radius 2 is 1.62 bits per heavy atom. The van der Waals surface area contributed by atoms with Crippen LogP contribution in [0.25, 0.3) is 10.8 Å². The number of aromatic hydroxyl groups is 2. The average molecular weight is 953 g/mol. The highest BCUT2D eigenvalue weighted by Crippen LogP contribution is 2.78. The van der Waals surface area contributed by atoms with Gasteiger partial charge in [-0.25, -0.2) is 4.79 Å². The van der Waals surface area contributed by atoms with E-state index in [0.717, 1.165) is 30.9 Å². The Bertz CT molecular complexity index is 2540. The molecule has 2 aromatic carbocycles. The monoisotopic (exact) mass is 952 g/mol. The van der Waals surface area contributed by atoms with E-state index in [1.54, 1.807) is 0 Å². The van der Waals surface area contributed by atoms with Crippen LogP contribution in [0.5, 0.6) is 17.2 Å². The van der Waals surface area contributed by atoms with Crippen molar-refractivity contribution in [1.82, 2.24) is 0 Å². The average Bonchev–Trinajstić information content (AvgIpc) is 4.17. The number of carboxylic acids is 1. The molecule has 6 saturated carbocycles. The fraction of sp³-hybridized carbons (Fsp3) is 0.714. The lowest BCUT2D eigenvalue weighted by molar-refractivity contribution is -0.326. The summed E-state index contributed by atoms with van der Waals surface area (Å²) >= 11 is 0. The third-order valence-electron chi connectivity index (χ3n) is 21.5. The molecule has 5 spiro atoms. The molecule has 7 aliphatic carbocycles. The van der Waals surface area contributed by atoms with Gasteiger partial charge < -0.3 is 54.7 Å². The molecule has 13 atom stereocenters. The number of carboxylic acid groups (broad SMARTS) is 1. The highest BCUT2D eigenvalue weighted by atomic mass is 16.7. The number of ether oxygens (including phenoxy) is 4. The van der Waals surface area contributed by atoms with Crippen molar-refractivity contribution in [3.8, 4) is 17.2 Å². The Balaban J connectivity index is 0.909. The number of phenolic OH excluding ortho intramolecular Hbond substituents is 2. The Labute approximate surface area is 404 Å². The number of hydrogen-bond acceptors (Lipinski definition) is 12. The summed E-state index contributed by atoms with van der Waals surface area (Å²) in [4.78, 5) is 25.2. The van der Waals surface area contributed by atoms with E-state index in [-0.39, 0.29) is 81.4 Å². The van der Waals surface area contributed by atoms with Crippen LogP contribution in [0.4, 0.5) is 0 Å². The number of aliphatic hydroxyl groups is 4. The molecule has 10 aliphatic rings. The summed E-state index contributed by atoms with van der Waals surface area (Å²) in [6.45, 7) is 3.65. The molecule has 3 aliphatic heterocycles. The molecule has 0 aromatic heterocycles. The molecule has 13 heteroatoms. The third kappa shape index (κ3) is 6.51. The smallest absolute Gasteiger partial charge is 0.335 e. The number of hydrogen-bond donors (Lipinski definition) is 7. The van der Waals surface area contributed by atoms with Crippen LogP contribution in [0.2, 0.25) is 0 Å². The lowest BCUT2D eigenvalue weighted by atomic mass is 9.42. The van der Waals surface area contributed by atoms with Crippen LogP contribution >= 0.6 is 0 Å². The van der Waals surface area contributed by atoms with E-state index in [0.29, 0.717) is 48.2 Å². The molecule has 0 bridgehead atoms. The van der Waals surface area contributed by atoms with Crippen LogP contribution in [0, 0.1) is 57.7 Å². The summed E-state index contributed by atoms with van der Waals surface area (Å²) < 4.78 is 26.6. The van der Waals surface area contributed by atoms with Crippen molar-refractivity contribution in [3.05, 3.63) is 51.6 Å². The first-order valence-corrected chi connectivity index (χ1v) is 26.4. The van der Waals surface area contributed by atoms with Gasteiger partial charge in [0, 0.05) is 29.6 Å². The van der Waals surface area contributed by atoms with Crippen molar-refractivity contribution in [2.75, 3.05) is 33.0 Å². The second kappa shape index (κ2) is 16.2. The number of Topliss-reactive ketones (excluding diaryl/α,β-unsaturated/α-hetero) is 1. The third-order valence-corrected chi connectivity index (χ3v) is 21.5. The fourth-order valence-corrected chi connectivity index (χ4v) is 18.9. The minimum absolute atomic E-state index is 0.0573. The Morgan fingerprint density at radius 3 is 2.33 bits per heavy atom. The Kier molecular flexibility index (Phi) is 10.9. The predicted molar refractivity (Wildman–Crippen MR) is 253 cm³/mol. The van der Waals surface area contributed by atoms with Gasteiger partial charge in [0.1, 0.15) is 41.2 Å². The van der Waals surface area contributed by atoms with Gasteiger partial charge in [0.25, 0.3) is 0 Å². The summed E-state index contributed by atoms with van der Waals surface area (Å²) in [7, 11) is 0. The lowest BCUT2D eigenvalue weighted by Gasteiger charge is -2.64. The van der Waals surface area contributed by atoms with E-state index in [2.05, 4.69) is 6.08 Å². The van der Waals surface area contributed by atoms with E-state index >= 15 is 0 Å². The van der Waals surface area contributed by atoms with Crippen LogP contribution in [-0.2, 0) is 14.2 Å². The summed E-state index contributed by atoms with van der Waals surface area (Å²) in [6, 6.07) is 2.28. The maximum Gasteiger partial charge on any atom is 0.335 e. The molecular weight excluding hydrogens is 881 g/mol. The van der Waals surface area contributed by atoms with Gasteiger partial charge in [-0.2, -0.15) is 0 Å². The van der Waals surface area contributed by atoms with Gasteiger partial charge in [-0.1, -0.05) is 25.3 Å². The second-order valence-corrected chi connectivity index (χ2v) is 24.4. The summed E-state index contributed by atoms with van der Waals surface area (Å²) in [5.41, 5.74) is 2.95. The largest absolute Gasteiger partial charge is 0.507 e. The molecule has 3 heterocycles. The van der Waals surface area contributed by atoms with Gasteiger partial charge in [-0.05, 0) is 191 Å². The van der Waals surface area contributed by atoms with Gasteiger partial charge in [0.05, 0.1) is 36.3 Å². The molecule has 0 radical (unpaired) electrons. The highest BCUT2D eigenvalue weighted by Gasteiger charge is 2.70. The van der Waals surface area contributed by atoms with Crippen LogP contribution in [-0.4, -0.2) is 111 Å². The number of rotatable bonds is 8. The summed E-state index contributed by atoms with van der Waals surface area (Å²) in [5, 5.41) is 79.4. The van der Waals surface area contributed by atoms with Gasteiger partial charge >= 0.3 is 5.97 Å². The fourth-order valence-electron chi connectivity index (χ4n) is 18.9. The molecule has 8 fully saturated rings. The van der Waals surface area contributed by atoms with E-state index in [1.807, 2.05) is 0 Å². The van der Waals surface area contributed by atoms with Crippen molar-refractivity contribution in [2.45, 2.75) is 166 Å². The van der Waals surface area contributed by atoms with Crippen LogP contribution < -0.4 is 4.74 Å². The molecule has 2 aromatic rings. The number of benzene rings is 2. The van der Waals surface area contributed by atoms with Crippen molar-refractivity contribution in [2.24, 2.45) is 50.7 Å². The van der Waals surface area contributed by atoms with Crippen LogP contribution in [0.1, 0.15) is 155 Å². The van der Waals surface area contributed by atoms with Gasteiger partial charge in [-0.3, -0.25) is 4.79 Å². The topological polar surface area (TPSA) is 213 Å². The maximum absolute atomic E-state index is 12.8. The van der Waals surface area contributed by atoms with Crippen molar-refractivity contribution >= 4 is 22.5 Å². The molecule has 0 amide bonds. The van der Waals surface area contributed by atoms with Gasteiger partial charge in [0.2, 0.25) is 6.29 Å². The number of phenols is 2. The van der Waals surface area contributed by atoms with Crippen LogP contribution in [0.3, 0.4) is 0 Å². The summed E-state index contributed by atoms with van der Waals surface area (Å²) in [5.74, 6) is -2.46. The first-order chi connectivity index (χ1) is 33.1. The van der Waals surface area contributed by atoms with Crippen molar-refractivity contribution in [3.63, 3.8) is 0 Å². The first kappa shape index (κ1) is 46.5. The number of fused-ring (bicyclic) bond motifs is 4. The Hall–Kier alpha value is -3.56. The minimum atomic E-state index is -1.78. The SMILES string of the molecule is CC(=O)c1c(C)c(O)c2cc(C(=O)O)cc(O[C@@H]3O[C@H](CO)[C@]4(C[C@H]5C6=C(CC=C6[C@]6(CCCO)COC[C@H]7C[C@@]8(CC[C@]9(CCC[C@@]9%10CCC9(CCCC9)C%10)C8)C[C@@H]5[C@H]76)CO4)[C@H](O)[C@H]3O)c2c1O. The van der Waals surface area contributed by atoms with Crippen molar-refractivity contribution < 1.29 is 64.3 Å². The zero-order chi connectivity index (χ0) is 48.0. The number of carbonyl (C=O) groups is 2. The maximum atomic E-state index is 12.8. The number of aliphatic hydroxyl groups excluding tert-OH is 4. The van der Waals surface area contributed by atoms with Crippen LogP contribution in [0.15, 0.2) is 34.9 Å². The van der Waals surface area contributed by atoms with Gasteiger partial charge in [-0.15, -0.1) is 0 Å². The number of carbonyl (C=O) groups excluding carboxylic acids is 1. The molecule has 2 saturated heterocycles. The minimum Gasteiger partial charge on any atom is -0.507 e. The number of allylic oxidation sites excluding steroid dienone is 2.